The number of carbonyl (C=O) groups is 1. The van der Waals surface area contributed by atoms with Crippen LogP contribution in [0.5, 0.6) is 0 Å². The van der Waals surface area contributed by atoms with Crippen LogP contribution in [0, 0.1) is 5.92 Å². The Labute approximate surface area is 121 Å². The minimum Gasteiger partial charge on any atom is -0.481 e. The van der Waals surface area contributed by atoms with Crippen LogP contribution in [-0.4, -0.2) is 11.1 Å². The van der Waals surface area contributed by atoms with Crippen LogP contribution >= 0.6 is 0 Å². The molecule has 108 valence electrons. The van der Waals surface area contributed by atoms with E-state index < -0.39 is 5.97 Å². The SMILES string of the molecule is O=C(O)CCCC1=CCCC(Cc2ccccc2)CC1. The second-order valence-electron chi connectivity index (χ2n) is 5.78. The van der Waals surface area contributed by atoms with E-state index in [1.807, 2.05) is 0 Å². The van der Waals surface area contributed by atoms with Crippen molar-refractivity contribution in [2.45, 2.75) is 51.4 Å². The molecule has 0 amide bonds. The van der Waals surface area contributed by atoms with Crippen LogP contribution in [0.15, 0.2) is 42.0 Å². The molecule has 0 spiro atoms. The van der Waals surface area contributed by atoms with Crippen LogP contribution in [0.4, 0.5) is 0 Å². The Hall–Kier alpha value is -1.57. The highest BCUT2D eigenvalue weighted by Gasteiger charge is 2.14. The van der Waals surface area contributed by atoms with E-state index in [0.29, 0.717) is 6.42 Å². The predicted octanol–water partition coefficient (Wildman–Crippen LogP) is 4.60. The minimum absolute atomic E-state index is 0.296. The highest BCUT2D eigenvalue weighted by atomic mass is 16.4. The van der Waals surface area contributed by atoms with Crippen molar-refractivity contribution in [3.05, 3.63) is 47.5 Å². The Bertz CT molecular complexity index is 448. The normalized spacial score (nSPS) is 19.2. The molecule has 0 heterocycles. The minimum atomic E-state index is -0.679. The molecule has 2 heteroatoms. The van der Waals surface area contributed by atoms with Gasteiger partial charge in [-0.3, -0.25) is 4.79 Å². The van der Waals surface area contributed by atoms with Gasteiger partial charge in [0.05, 0.1) is 0 Å². The standard InChI is InChI=1S/C18H24O2/c19-18(20)11-5-9-15-8-4-10-17(13-12-15)14-16-6-2-1-3-7-16/h1-3,6-8,17H,4-5,9-14H2,(H,19,20). The van der Waals surface area contributed by atoms with Gasteiger partial charge in [0, 0.05) is 6.42 Å². The largest absolute Gasteiger partial charge is 0.481 e. The third-order valence-corrected chi connectivity index (χ3v) is 4.14. The van der Waals surface area contributed by atoms with Gasteiger partial charge in [-0.15, -0.1) is 0 Å². The predicted molar refractivity (Wildman–Crippen MR) is 81.7 cm³/mol. The van der Waals surface area contributed by atoms with Crippen LogP contribution in [0.1, 0.15) is 50.5 Å². The first-order valence-corrected chi connectivity index (χ1v) is 7.67. The maximum atomic E-state index is 10.5. The summed E-state index contributed by atoms with van der Waals surface area (Å²) in [6.07, 6.45) is 10.4. The van der Waals surface area contributed by atoms with Crippen LogP contribution in [-0.2, 0) is 11.2 Å². The number of aliphatic carboxylic acids is 1. The summed E-state index contributed by atoms with van der Waals surface area (Å²) >= 11 is 0. The molecule has 1 aliphatic carbocycles. The van der Waals surface area contributed by atoms with Crippen LogP contribution in [0.25, 0.3) is 0 Å². The molecule has 1 atom stereocenters. The summed E-state index contributed by atoms with van der Waals surface area (Å²) in [5.74, 6) is 0.0896. The second-order valence-corrected chi connectivity index (χ2v) is 5.78. The van der Waals surface area contributed by atoms with Crippen molar-refractivity contribution in [1.29, 1.82) is 0 Å². The summed E-state index contributed by atoms with van der Waals surface area (Å²) in [5.41, 5.74) is 2.91. The molecule has 0 saturated carbocycles. The van der Waals surface area contributed by atoms with E-state index in [2.05, 4.69) is 36.4 Å². The zero-order valence-electron chi connectivity index (χ0n) is 12.1. The monoisotopic (exact) mass is 272 g/mol. The van der Waals surface area contributed by atoms with Crippen LogP contribution < -0.4 is 0 Å². The number of hydrogen-bond acceptors (Lipinski definition) is 1. The van der Waals surface area contributed by atoms with Crippen molar-refractivity contribution in [2.75, 3.05) is 0 Å². The lowest BCUT2D eigenvalue weighted by Gasteiger charge is -2.14. The lowest BCUT2D eigenvalue weighted by molar-refractivity contribution is -0.137. The van der Waals surface area contributed by atoms with E-state index in [1.54, 1.807) is 0 Å². The van der Waals surface area contributed by atoms with E-state index in [9.17, 15) is 4.79 Å². The summed E-state index contributed by atoms with van der Waals surface area (Å²) in [5, 5.41) is 8.69. The number of carboxylic acid groups (broad SMARTS) is 1. The van der Waals surface area contributed by atoms with E-state index in [1.165, 1.54) is 30.4 Å². The highest BCUT2D eigenvalue weighted by molar-refractivity contribution is 5.66. The van der Waals surface area contributed by atoms with Gasteiger partial charge in [-0.2, -0.15) is 0 Å². The average molecular weight is 272 g/mol. The Kier molecular flexibility index (Phi) is 5.85. The molecule has 1 aromatic carbocycles. The first-order valence-electron chi connectivity index (χ1n) is 7.67. The molecule has 20 heavy (non-hydrogen) atoms. The van der Waals surface area contributed by atoms with Crippen molar-refractivity contribution in [3.8, 4) is 0 Å². The molecule has 2 rings (SSSR count). The molecule has 1 aliphatic rings. The second kappa shape index (κ2) is 7.88. The van der Waals surface area contributed by atoms with Crippen molar-refractivity contribution in [2.24, 2.45) is 5.92 Å². The first-order chi connectivity index (χ1) is 9.74. The Morgan fingerprint density at radius 2 is 2.00 bits per heavy atom. The highest BCUT2D eigenvalue weighted by Crippen LogP contribution is 2.28. The molecular formula is C18H24O2. The molecule has 0 aliphatic heterocycles. The molecule has 0 aromatic heterocycles. The maximum Gasteiger partial charge on any atom is 0.303 e. The topological polar surface area (TPSA) is 37.3 Å². The lowest BCUT2D eigenvalue weighted by Crippen LogP contribution is -2.03. The molecular weight excluding hydrogens is 248 g/mol. The quantitative estimate of drug-likeness (QED) is 0.768. The average Bonchev–Trinajstić information content (AvgIpc) is 2.65. The van der Waals surface area contributed by atoms with E-state index >= 15 is 0 Å². The van der Waals surface area contributed by atoms with Gasteiger partial charge in [0.15, 0.2) is 0 Å². The van der Waals surface area contributed by atoms with Crippen molar-refractivity contribution in [1.82, 2.24) is 0 Å². The molecule has 0 saturated heterocycles. The van der Waals surface area contributed by atoms with Crippen molar-refractivity contribution in [3.63, 3.8) is 0 Å². The third-order valence-electron chi connectivity index (χ3n) is 4.14. The van der Waals surface area contributed by atoms with E-state index in [-0.39, 0.29) is 0 Å². The van der Waals surface area contributed by atoms with Gasteiger partial charge in [-0.1, -0.05) is 42.0 Å². The Morgan fingerprint density at radius 1 is 1.20 bits per heavy atom. The Balaban J connectivity index is 1.76. The van der Waals surface area contributed by atoms with Gasteiger partial charge in [-0.05, 0) is 56.4 Å². The molecule has 2 nitrogen and oxygen atoms in total. The summed E-state index contributed by atoms with van der Waals surface area (Å²) in [6, 6.07) is 10.7. The van der Waals surface area contributed by atoms with Gasteiger partial charge in [0.1, 0.15) is 0 Å². The van der Waals surface area contributed by atoms with Gasteiger partial charge in [0.2, 0.25) is 0 Å². The van der Waals surface area contributed by atoms with Crippen molar-refractivity contribution >= 4 is 5.97 Å². The molecule has 0 bridgehead atoms. The van der Waals surface area contributed by atoms with Gasteiger partial charge in [0.25, 0.3) is 0 Å². The molecule has 0 radical (unpaired) electrons. The smallest absolute Gasteiger partial charge is 0.303 e. The number of allylic oxidation sites excluding steroid dienone is 2. The summed E-state index contributed by atoms with van der Waals surface area (Å²) < 4.78 is 0. The lowest BCUT2D eigenvalue weighted by atomic mass is 9.91. The summed E-state index contributed by atoms with van der Waals surface area (Å²) in [6.45, 7) is 0. The first kappa shape index (κ1) is 14.8. The fourth-order valence-corrected chi connectivity index (χ4v) is 3.00. The fraction of sp³-hybridized carbons (Fsp3) is 0.500. The Morgan fingerprint density at radius 3 is 2.75 bits per heavy atom. The number of rotatable bonds is 6. The van der Waals surface area contributed by atoms with Gasteiger partial charge in [-0.25, -0.2) is 0 Å². The maximum absolute atomic E-state index is 10.5. The molecule has 1 N–H and O–H groups in total. The third kappa shape index (κ3) is 5.20. The molecule has 1 aromatic rings. The zero-order chi connectivity index (χ0) is 14.2. The number of hydrogen-bond donors (Lipinski definition) is 1. The number of carboxylic acids is 1. The van der Waals surface area contributed by atoms with Gasteiger partial charge < -0.3 is 5.11 Å². The van der Waals surface area contributed by atoms with Crippen LogP contribution in [0.3, 0.4) is 0 Å². The summed E-state index contributed by atoms with van der Waals surface area (Å²) in [7, 11) is 0. The molecule has 1 unspecified atom stereocenters. The fourth-order valence-electron chi connectivity index (χ4n) is 3.00. The van der Waals surface area contributed by atoms with Gasteiger partial charge >= 0.3 is 5.97 Å². The van der Waals surface area contributed by atoms with E-state index in [0.717, 1.165) is 31.6 Å². The van der Waals surface area contributed by atoms with Crippen molar-refractivity contribution < 1.29 is 9.90 Å². The molecule has 0 fully saturated rings. The zero-order valence-corrected chi connectivity index (χ0v) is 12.1. The summed E-state index contributed by atoms with van der Waals surface area (Å²) in [4.78, 5) is 10.5. The van der Waals surface area contributed by atoms with E-state index in [4.69, 9.17) is 5.11 Å². The van der Waals surface area contributed by atoms with Crippen LogP contribution in [0.2, 0.25) is 0 Å². The number of benzene rings is 1.